The standard InChI is InChI=1S/C13H23N3OS/c1-10(2)8-18-9-12-15-13(17-16-12)11-6-4-3-5-7-14-11/h10-11,14H,3-9H2,1-2H3. The Morgan fingerprint density at radius 3 is 3.11 bits per heavy atom. The summed E-state index contributed by atoms with van der Waals surface area (Å²) in [5.74, 6) is 4.32. The van der Waals surface area contributed by atoms with Gasteiger partial charge in [0.15, 0.2) is 5.82 Å². The second kappa shape index (κ2) is 7.14. The molecule has 1 saturated heterocycles. The average Bonchev–Trinajstić information content (AvgIpc) is 2.63. The zero-order valence-corrected chi connectivity index (χ0v) is 12.1. The first-order valence-corrected chi connectivity index (χ1v) is 8.05. The quantitative estimate of drug-likeness (QED) is 0.889. The van der Waals surface area contributed by atoms with Crippen LogP contribution in [0.3, 0.4) is 0 Å². The highest BCUT2D eigenvalue weighted by Gasteiger charge is 2.19. The van der Waals surface area contributed by atoms with Crippen molar-refractivity contribution in [1.82, 2.24) is 15.5 Å². The average molecular weight is 269 g/mol. The predicted molar refractivity (Wildman–Crippen MR) is 74.5 cm³/mol. The van der Waals surface area contributed by atoms with Crippen molar-refractivity contribution in [2.75, 3.05) is 12.3 Å². The van der Waals surface area contributed by atoms with Crippen LogP contribution >= 0.6 is 11.8 Å². The summed E-state index contributed by atoms with van der Waals surface area (Å²) in [6.45, 7) is 5.51. The van der Waals surface area contributed by atoms with E-state index >= 15 is 0 Å². The van der Waals surface area contributed by atoms with Gasteiger partial charge in [0.05, 0.1) is 11.8 Å². The van der Waals surface area contributed by atoms with Gasteiger partial charge in [-0.25, -0.2) is 0 Å². The first-order chi connectivity index (χ1) is 8.75. The minimum atomic E-state index is 0.267. The molecule has 4 nitrogen and oxygen atoms in total. The largest absolute Gasteiger partial charge is 0.338 e. The van der Waals surface area contributed by atoms with Gasteiger partial charge in [0.2, 0.25) is 5.89 Å². The van der Waals surface area contributed by atoms with E-state index in [1.54, 1.807) is 0 Å². The number of hydrogen-bond donors (Lipinski definition) is 1. The lowest BCUT2D eigenvalue weighted by Gasteiger charge is -2.09. The lowest BCUT2D eigenvalue weighted by molar-refractivity contribution is 0.325. The molecule has 2 rings (SSSR count). The Bertz CT molecular complexity index is 346. The van der Waals surface area contributed by atoms with Gasteiger partial charge in [-0.1, -0.05) is 31.8 Å². The number of aromatic nitrogens is 2. The minimum absolute atomic E-state index is 0.267. The highest BCUT2D eigenvalue weighted by Crippen LogP contribution is 2.22. The summed E-state index contributed by atoms with van der Waals surface area (Å²) < 4.78 is 5.38. The normalized spacial score (nSPS) is 21.2. The van der Waals surface area contributed by atoms with E-state index in [4.69, 9.17) is 4.52 Å². The molecule has 18 heavy (non-hydrogen) atoms. The Morgan fingerprint density at radius 1 is 1.39 bits per heavy atom. The van der Waals surface area contributed by atoms with E-state index in [1.807, 2.05) is 11.8 Å². The van der Waals surface area contributed by atoms with Gasteiger partial charge in [-0.2, -0.15) is 16.7 Å². The zero-order valence-electron chi connectivity index (χ0n) is 11.3. The van der Waals surface area contributed by atoms with Crippen LogP contribution in [0.2, 0.25) is 0 Å². The van der Waals surface area contributed by atoms with Gasteiger partial charge in [0.1, 0.15) is 0 Å². The van der Waals surface area contributed by atoms with Crippen LogP contribution in [0.1, 0.15) is 57.3 Å². The maximum atomic E-state index is 5.38. The molecule has 0 aliphatic carbocycles. The Hall–Kier alpha value is -0.550. The molecule has 1 unspecified atom stereocenters. The fourth-order valence-corrected chi connectivity index (χ4v) is 2.98. The molecule has 0 aromatic carbocycles. The molecule has 0 radical (unpaired) electrons. The van der Waals surface area contributed by atoms with Crippen LogP contribution < -0.4 is 5.32 Å². The third kappa shape index (κ3) is 4.28. The van der Waals surface area contributed by atoms with Crippen LogP contribution in [0.4, 0.5) is 0 Å². The fourth-order valence-electron chi connectivity index (χ4n) is 2.09. The van der Waals surface area contributed by atoms with E-state index < -0.39 is 0 Å². The fraction of sp³-hybridized carbons (Fsp3) is 0.846. The molecule has 1 aromatic heterocycles. The van der Waals surface area contributed by atoms with Crippen molar-refractivity contribution in [2.45, 2.75) is 51.3 Å². The van der Waals surface area contributed by atoms with E-state index in [0.717, 1.165) is 36.2 Å². The first kappa shape index (κ1) is 13.9. The minimum Gasteiger partial charge on any atom is -0.338 e. The van der Waals surface area contributed by atoms with Crippen LogP contribution in [0.25, 0.3) is 0 Å². The molecule has 1 aliphatic rings. The summed E-state index contributed by atoms with van der Waals surface area (Å²) >= 11 is 1.87. The smallest absolute Gasteiger partial charge is 0.243 e. The van der Waals surface area contributed by atoms with Crippen LogP contribution in [0, 0.1) is 5.92 Å². The van der Waals surface area contributed by atoms with Gasteiger partial charge in [0.25, 0.3) is 0 Å². The van der Waals surface area contributed by atoms with Crippen LogP contribution in [0.15, 0.2) is 4.52 Å². The van der Waals surface area contributed by atoms with Crippen molar-refractivity contribution in [3.8, 4) is 0 Å². The number of hydrogen-bond acceptors (Lipinski definition) is 5. The molecule has 102 valence electrons. The summed E-state index contributed by atoms with van der Waals surface area (Å²) in [6, 6.07) is 0.267. The SMILES string of the molecule is CC(C)CSCc1noc(C2CCCCCN2)n1. The van der Waals surface area contributed by atoms with Crippen molar-refractivity contribution in [2.24, 2.45) is 5.92 Å². The maximum Gasteiger partial charge on any atom is 0.243 e. The van der Waals surface area contributed by atoms with E-state index in [0.29, 0.717) is 5.92 Å². The third-order valence-electron chi connectivity index (χ3n) is 3.02. The van der Waals surface area contributed by atoms with Gasteiger partial charge in [-0.15, -0.1) is 0 Å². The summed E-state index contributed by atoms with van der Waals surface area (Å²) in [5, 5.41) is 7.55. The van der Waals surface area contributed by atoms with Crippen molar-refractivity contribution in [3.05, 3.63) is 11.7 Å². The molecule has 1 N–H and O–H groups in total. The van der Waals surface area contributed by atoms with Gasteiger partial charge in [-0.3, -0.25) is 0 Å². The summed E-state index contributed by atoms with van der Waals surface area (Å²) in [5.41, 5.74) is 0. The monoisotopic (exact) mass is 269 g/mol. The van der Waals surface area contributed by atoms with E-state index in [1.165, 1.54) is 19.3 Å². The highest BCUT2D eigenvalue weighted by molar-refractivity contribution is 7.98. The van der Waals surface area contributed by atoms with Crippen molar-refractivity contribution in [1.29, 1.82) is 0 Å². The molecule has 0 saturated carbocycles. The van der Waals surface area contributed by atoms with Gasteiger partial charge in [0, 0.05) is 0 Å². The van der Waals surface area contributed by atoms with E-state index in [-0.39, 0.29) is 6.04 Å². The highest BCUT2D eigenvalue weighted by atomic mass is 32.2. The Labute approximate surface area is 113 Å². The summed E-state index contributed by atoms with van der Waals surface area (Å²) in [4.78, 5) is 4.51. The van der Waals surface area contributed by atoms with Gasteiger partial charge < -0.3 is 9.84 Å². The molecule has 5 heteroatoms. The van der Waals surface area contributed by atoms with Gasteiger partial charge >= 0.3 is 0 Å². The topological polar surface area (TPSA) is 51.0 Å². The lowest BCUT2D eigenvalue weighted by Crippen LogP contribution is -2.20. The molecule has 2 heterocycles. The van der Waals surface area contributed by atoms with Gasteiger partial charge in [-0.05, 0) is 31.1 Å². The van der Waals surface area contributed by atoms with Crippen LogP contribution in [-0.2, 0) is 5.75 Å². The Morgan fingerprint density at radius 2 is 2.28 bits per heavy atom. The van der Waals surface area contributed by atoms with Crippen LogP contribution in [-0.4, -0.2) is 22.4 Å². The number of nitrogens with zero attached hydrogens (tertiary/aromatic N) is 2. The molecule has 1 aromatic rings. The molecule has 1 aliphatic heterocycles. The second-order valence-corrected chi connectivity index (χ2v) is 6.34. The van der Waals surface area contributed by atoms with Crippen molar-refractivity contribution in [3.63, 3.8) is 0 Å². The molecular weight excluding hydrogens is 246 g/mol. The molecular formula is C13H23N3OS. The molecule has 0 spiro atoms. The third-order valence-corrected chi connectivity index (χ3v) is 4.39. The van der Waals surface area contributed by atoms with E-state index in [2.05, 4.69) is 29.3 Å². The zero-order chi connectivity index (χ0) is 12.8. The Balaban J connectivity index is 1.84. The van der Waals surface area contributed by atoms with Crippen molar-refractivity contribution >= 4 is 11.8 Å². The first-order valence-electron chi connectivity index (χ1n) is 6.89. The van der Waals surface area contributed by atoms with E-state index in [9.17, 15) is 0 Å². The summed E-state index contributed by atoms with van der Waals surface area (Å²) in [7, 11) is 0. The lowest BCUT2D eigenvalue weighted by atomic mass is 10.1. The Kier molecular flexibility index (Phi) is 5.50. The van der Waals surface area contributed by atoms with Crippen LogP contribution in [0.5, 0.6) is 0 Å². The predicted octanol–water partition coefficient (Wildman–Crippen LogP) is 3.16. The molecule has 1 fully saturated rings. The number of rotatable bonds is 5. The molecule has 1 atom stereocenters. The molecule has 0 bridgehead atoms. The maximum absolute atomic E-state index is 5.38. The molecule has 0 amide bonds. The number of thioether (sulfide) groups is 1. The van der Waals surface area contributed by atoms with Crippen molar-refractivity contribution < 1.29 is 4.52 Å². The number of nitrogens with one attached hydrogen (secondary N) is 1. The second-order valence-electron chi connectivity index (χ2n) is 5.31. The summed E-state index contributed by atoms with van der Waals surface area (Å²) in [6.07, 6.45) is 4.91.